The highest BCUT2D eigenvalue weighted by atomic mass is 79.9. The second-order valence-electron chi connectivity index (χ2n) is 5.31. The maximum absolute atomic E-state index is 13.7. The van der Waals surface area contributed by atoms with Gasteiger partial charge in [-0.25, -0.2) is 4.39 Å². The molecule has 112 valence electrons. The van der Waals surface area contributed by atoms with Crippen LogP contribution in [0.2, 0.25) is 0 Å². The van der Waals surface area contributed by atoms with Crippen molar-refractivity contribution in [1.82, 2.24) is 5.32 Å². The van der Waals surface area contributed by atoms with Crippen molar-refractivity contribution in [2.45, 2.75) is 39.0 Å². The third-order valence-electron chi connectivity index (χ3n) is 3.49. The molecule has 0 radical (unpaired) electrons. The zero-order valence-corrected chi connectivity index (χ0v) is 13.4. The van der Waals surface area contributed by atoms with Crippen molar-refractivity contribution in [3.8, 4) is 5.75 Å². The molecular weight excluding hydrogens is 337 g/mol. The van der Waals surface area contributed by atoms with Crippen LogP contribution in [-0.2, 0) is 13.2 Å². The molecular formula is C16H17BrFNO2. The highest BCUT2D eigenvalue weighted by molar-refractivity contribution is 9.10. The van der Waals surface area contributed by atoms with Crippen LogP contribution in [0.5, 0.6) is 5.75 Å². The Balaban J connectivity index is 1.61. The van der Waals surface area contributed by atoms with E-state index in [0.29, 0.717) is 17.1 Å². The Morgan fingerprint density at radius 1 is 1.38 bits per heavy atom. The molecule has 1 aliphatic carbocycles. The monoisotopic (exact) mass is 353 g/mol. The summed E-state index contributed by atoms with van der Waals surface area (Å²) in [6.07, 6.45) is 2.50. The van der Waals surface area contributed by atoms with Gasteiger partial charge in [-0.3, -0.25) is 0 Å². The van der Waals surface area contributed by atoms with Gasteiger partial charge >= 0.3 is 0 Å². The van der Waals surface area contributed by atoms with Crippen molar-refractivity contribution in [2.24, 2.45) is 0 Å². The van der Waals surface area contributed by atoms with Crippen LogP contribution in [0.25, 0.3) is 0 Å². The minimum atomic E-state index is -0.374. The summed E-state index contributed by atoms with van der Waals surface area (Å²) in [7, 11) is 0. The molecule has 0 bridgehead atoms. The van der Waals surface area contributed by atoms with E-state index >= 15 is 0 Å². The average Bonchev–Trinajstić information content (AvgIpc) is 3.20. The number of benzene rings is 1. The SMILES string of the molecule is Cc1oc(CNC2CC2)cc1COc1ccc(Br)cc1F. The highest BCUT2D eigenvalue weighted by Crippen LogP contribution is 2.24. The molecule has 1 aromatic carbocycles. The number of rotatable bonds is 6. The summed E-state index contributed by atoms with van der Waals surface area (Å²) in [6, 6.07) is 7.38. The zero-order chi connectivity index (χ0) is 14.8. The number of aryl methyl sites for hydroxylation is 1. The van der Waals surface area contributed by atoms with Crippen LogP contribution in [0.1, 0.15) is 29.9 Å². The molecule has 1 aromatic heterocycles. The third-order valence-corrected chi connectivity index (χ3v) is 3.98. The molecule has 1 N–H and O–H groups in total. The zero-order valence-electron chi connectivity index (χ0n) is 11.8. The van der Waals surface area contributed by atoms with Crippen molar-refractivity contribution in [1.29, 1.82) is 0 Å². The Bertz CT molecular complexity index is 637. The first-order chi connectivity index (χ1) is 10.1. The van der Waals surface area contributed by atoms with Crippen LogP contribution in [0.3, 0.4) is 0 Å². The molecule has 0 aliphatic heterocycles. The second-order valence-corrected chi connectivity index (χ2v) is 6.23. The minimum absolute atomic E-state index is 0.247. The van der Waals surface area contributed by atoms with Gasteiger partial charge in [0.05, 0.1) is 6.54 Å². The maximum atomic E-state index is 13.7. The van der Waals surface area contributed by atoms with Crippen molar-refractivity contribution in [2.75, 3.05) is 0 Å². The molecule has 1 saturated carbocycles. The van der Waals surface area contributed by atoms with E-state index in [0.717, 1.165) is 23.6 Å². The predicted octanol–water partition coefficient (Wildman–Crippen LogP) is 4.32. The predicted molar refractivity (Wildman–Crippen MR) is 81.7 cm³/mol. The Hall–Kier alpha value is -1.33. The van der Waals surface area contributed by atoms with Gasteiger partial charge in [0.25, 0.3) is 0 Å². The molecule has 3 nitrogen and oxygen atoms in total. The van der Waals surface area contributed by atoms with Gasteiger partial charge in [0.2, 0.25) is 0 Å². The topological polar surface area (TPSA) is 34.4 Å². The lowest BCUT2D eigenvalue weighted by Gasteiger charge is -2.06. The second kappa shape index (κ2) is 6.20. The summed E-state index contributed by atoms with van der Waals surface area (Å²) < 4.78 is 25.6. The standard InChI is InChI=1S/C16H17BrFNO2/c1-10-11(6-14(21-10)8-19-13-3-4-13)9-20-16-5-2-12(17)7-15(16)18/h2,5-7,13,19H,3-4,8-9H2,1H3. The Morgan fingerprint density at radius 3 is 2.90 bits per heavy atom. The summed E-state index contributed by atoms with van der Waals surface area (Å²) in [5.41, 5.74) is 0.949. The van der Waals surface area contributed by atoms with Crippen LogP contribution in [0.4, 0.5) is 4.39 Å². The smallest absolute Gasteiger partial charge is 0.166 e. The van der Waals surface area contributed by atoms with E-state index in [4.69, 9.17) is 9.15 Å². The van der Waals surface area contributed by atoms with Crippen LogP contribution in [0, 0.1) is 12.7 Å². The average molecular weight is 354 g/mol. The molecule has 3 rings (SSSR count). The van der Waals surface area contributed by atoms with Gasteiger partial charge in [-0.05, 0) is 44.0 Å². The van der Waals surface area contributed by atoms with Gasteiger partial charge in [-0.1, -0.05) is 15.9 Å². The molecule has 0 unspecified atom stereocenters. The Kier molecular flexibility index (Phi) is 4.31. The molecule has 21 heavy (non-hydrogen) atoms. The number of hydrogen-bond donors (Lipinski definition) is 1. The minimum Gasteiger partial charge on any atom is -0.486 e. The van der Waals surface area contributed by atoms with Gasteiger partial charge in [-0.15, -0.1) is 0 Å². The largest absolute Gasteiger partial charge is 0.486 e. The van der Waals surface area contributed by atoms with E-state index in [1.165, 1.54) is 18.9 Å². The van der Waals surface area contributed by atoms with E-state index in [1.54, 1.807) is 12.1 Å². The van der Waals surface area contributed by atoms with Gasteiger partial charge in [0.1, 0.15) is 18.1 Å². The first kappa shape index (κ1) is 14.6. The summed E-state index contributed by atoms with van der Waals surface area (Å²) in [4.78, 5) is 0. The summed E-state index contributed by atoms with van der Waals surface area (Å²) in [6.45, 7) is 2.94. The van der Waals surface area contributed by atoms with E-state index in [1.807, 2.05) is 13.0 Å². The van der Waals surface area contributed by atoms with E-state index in [9.17, 15) is 4.39 Å². The normalized spacial score (nSPS) is 14.4. The first-order valence-corrected chi connectivity index (χ1v) is 7.80. The molecule has 5 heteroatoms. The number of halogens is 2. The Morgan fingerprint density at radius 2 is 2.19 bits per heavy atom. The van der Waals surface area contributed by atoms with Crippen molar-refractivity contribution >= 4 is 15.9 Å². The Labute approximate surface area is 131 Å². The maximum Gasteiger partial charge on any atom is 0.166 e. The molecule has 1 heterocycles. The molecule has 0 amide bonds. The number of nitrogens with one attached hydrogen (secondary N) is 1. The van der Waals surface area contributed by atoms with Crippen LogP contribution in [-0.4, -0.2) is 6.04 Å². The fraction of sp³-hybridized carbons (Fsp3) is 0.375. The lowest BCUT2D eigenvalue weighted by atomic mass is 10.2. The van der Waals surface area contributed by atoms with Crippen molar-refractivity contribution < 1.29 is 13.5 Å². The summed E-state index contributed by atoms with van der Waals surface area (Å²) >= 11 is 3.22. The van der Waals surface area contributed by atoms with Crippen molar-refractivity contribution in [3.05, 3.63) is 51.6 Å². The number of furan rings is 1. The third kappa shape index (κ3) is 3.86. The molecule has 1 aliphatic rings. The molecule has 1 fully saturated rings. The van der Waals surface area contributed by atoms with Crippen molar-refractivity contribution in [3.63, 3.8) is 0 Å². The van der Waals surface area contributed by atoms with E-state index in [-0.39, 0.29) is 11.6 Å². The number of hydrogen-bond acceptors (Lipinski definition) is 3. The molecule has 0 spiro atoms. The molecule has 0 saturated heterocycles. The lowest BCUT2D eigenvalue weighted by Crippen LogP contribution is -2.14. The van der Waals surface area contributed by atoms with E-state index < -0.39 is 0 Å². The van der Waals surface area contributed by atoms with Crippen LogP contribution in [0.15, 0.2) is 33.2 Å². The van der Waals surface area contributed by atoms with Crippen LogP contribution >= 0.6 is 15.9 Å². The summed E-state index contributed by atoms with van der Waals surface area (Å²) in [5.74, 6) is 1.59. The lowest BCUT2D eigenvalue weighted by molar-refractivity contribution is 0.287. The first-order valence-electron chi connectivity index (χ1n) is 7.01. The van der Waals surface area contributed by atoms with Gasteiger partial charge in [-0.2, -0.15) is 0 Å². The number of ether oxygens (including phenoxy) is 1. The fourth-order valence-corrected chi connectivity index (χ4v) is 2.43. The van der Waals surface area contributed by atoms with Gasteiger partial charge < -0.3 is 14.5 Å². The molecule has 0 atom stereocenters. The van der Waals surface area contributed by atoms with Crippen LogP contribution < -0.4 is 10.1 Å². The van der Waals surface area contributed by atoms with Gasteiger partial charge in [0, 0.05) is 16.1 Å². The van der Waals surface area contributed by atoms with Gasteiger partial charge in [0.15, 0.2) is 11.6 Å². The fourth-order valence-electron chi connectivity index (χ4n) is 2.10. The quantitative estimate of drug-likeness (QED) is 0.839. The molecule has 2 aromatic rings. The van der Waals surface area contributed by atoms with E-state index in [2.05, 4.69) is 21.2 Å². The highest BCUT2D eigenvalue weighted by Gasteiger charge is 2.21. The summed E-state index contributed by atoms with van der Waals surface area (Å²) in [5, 5.41) is 3.40.